The third-order valence-electron chi connectivity index (χ3n) is 3.69. The minimum Gasteiger partial charge on any atom is -0.291 e. The first-order chi connectivity index (χ1) is 10.1. The van der Waals surface area contributed by atoms with E-state index in [-0.39, 0.29) is 5.69 Å². The zero-order valence-electron chi connectivity index (χ0n) is 10.9. The Morgan fingerprint density at radius 2 is 1.86 bits per heavy atom. The summed E-state index contributed by atoms with van der Waals surface area (Å²) in [7, 11) is 0. The van der Waals surface area contributed by atoms with Crippen LogP contribution in [0.25, 0.3) is 10.9 Å². The fourth-order valence-corrected chi connectivity index (χ4v) is 3.23. The van der Waals surface area contributed by atoms with E-state index in [1.165, 1.54) is 12.1 Å². The van der Waals surface area contributed by atoms with Crippen molar-refractivity contribution in [3.63, 3.8) is 0 Å². The first-order valence-corrected chi connectivity index (χ1v) is 7.27. The van der Waals surface area contributed by atoms with Crippen LogP contribution in [-0.4, -0.2) is 15.4 Å². The lowest BCUT2D eigenvalue weighted by Crippen LogP contribution is -2.20. The molecule has 2 aromatic carbocycles. The fraction of sp³-hybridized carbons (Fsp3) is 0.0625. The number of aromatic nitrogens is 1. The molecule has 0 saturated carbocycles. The van der Waals surface area contributed by atoms with Gasteiger partial charge in [-0.15, -0.1) is 0 Å². The van der Waals surface area contributed by atoms with Gasteiger partial charge in [0.05, 0.1) is 11.1 Å². The predicted octanol–water partition coefficient (Wildman–Crippen LogP) is 4.42. The number of para-hydroxylation sites is 1. The standard InChI is InChI=1S/C16H10BrF2N2/c17-12-6-13(18)16(14(19)7-12)21-8-11-3-1-2-10-4-5-20(9-21)15(10)11/h1-8H,9H2/q+1. The molecular weight excluding hydrogens is 338 g/mol. The van der Waals surface area contributed by atoms with Gasteiger partial charge in [-0.2, -0.15) is 13.4 Å². The highest BCUT2D eigenvalue weighted by Crippen LogP contribution is 2.29. The molecule has 0 amide bonds. The van der Waals surface area contributed by atoms with Gasteiger partial charge in [0.1, 0.15) is 0 Å². The summed E-state index contributed by atoms with van der Waals surface area (Å²) in [5, 5.41) is 1.13. The maximum atomic E-state index is 14.1. The van der Waals surface area contributed by atoms with E-state index in [9.17, 15) is 8.78 Å². The number of benzene rings is 2. The molecule has 0 bridgehead atoms. The van der Waals surface area contributed by atoms with Crippen molar-refractivity contribution >= 4 is 38.7 Å². The number of hydrogen-bond donors (Lipinski definition) is 0. The number of nitrogens with zero attached hydrogens (tertiary/aromatic N) is 2. The van der Waals surface area contributed by atoms with E-state index in [1.807, 2.05) is 35.0 Å². The summed E-state index contributed by atoms with van der Waals surface area (Å²) in [5.74, 6) is -1.16. The van der Waals surface area contributed by atoms with Crippen LogP contribution in [0.5, 0.6) is 0 Å². The lowest BCUT2D eigenvalue weighted by Gasteiger charge is -2.13. The van der Waals surface area contributed by atoms with Crippen LogP contribution in [0.1, 0.15) is 5.56 Å². The second-order valence-corrected chi connectivity index (χ2v) is 5.94. The van der Waals surface area contributed by atoms with Gasteiger partial charge in [-0.1, -0.05) is 28.1 Å². The van der Waals surface area contributed by atoms with Crippen LogP contribution in [0.2, 0.25) is 0 Å². The largest absolute Gasteiger partial charge is 0.291 e. The molecule has 5 heteroatoms. The van der Waals surface area contributed by atoms with Crippen molar-refractivity contribution in [2.75, 3.05) is 0 Å². The highest BCUT2D eigenvalue weighted by atomic mass is 79.9. The van der Waals surface area contributed by atoms with E-state index >= 15 is 0 Å². The molecule has 2 nitrogen and oxygen atoms in total. The van der Waals surface area contributed by atoms with Crippen molar-refractivity contribution in [1.29, 1.82) is 0 Å². The van der Waals surface area contributed by atoms with Gasteiger partial charge in [0.15, 0.2) is 17.8 Å². The van der Waals surface area contributed by atoms with Gasteiger partial charge < -0.3 is 0 Å². The van der Waals surface area contributed by atoms with Crippen LogP contribution >= 0.6 is 15.9 Å². The van der Waals surface area contributed by atoms with Gasteiger partial charge in [0, 0.05) is 16.1 Å². The third kappa shape index (κ3) is 1.92. The maximum absolute atomic E-state index is 14.1. The Bertz CT molecular complexity index is 889. The lowest BCUT2D eigenvalue weighted by molar-refractivity contribution is -0.476. The Hall–Kier alpha value is -2.01. The third-order valence-corrected chi connectivity index (χ3v) is 4.15. The maximum Gasteiger partial charge on any atom is 0.278 e. The van der Waals surface area contributed by atoms with Crippen LogP contribution < -0.4 is 0 Å². The summed E-state index contributed by atoms with van der Waals surface area (Å²) in [4.78, 5) is 0. The number of hydrogen-bond acceptors (Lipinski definition) is 0. The average molecular weight is 348 g/mol. The van der Waals surface area contributed by atoms with Crippen molar-refractivity contribution in [2.24, 2.45) is 0 Å². The molecule has 1 aromatic heterocycles. The Labute approximate surface area is 128 Å². The van der Waals surface area contributed by atoms with E-state index in [1.54, 1.807) is 10.8 Å². The Morgan fingerprint density at radius 1 is 1.10 bits per heavy atom. The minimum absolute atomic E-state index is 0.0328. The average Bonchev–Trinajstić information content (AvgIpc) is 2.83. The highest BCUT2D eigenvalue weighted by Gasteiger charge is 2.26. The zero-order chi connectivity index (χ0) is 14.6. The molecule has 0 saturated heterocycles. The molecule has 0 spiro atoms. The molecule has 0 N–H and O–H groups in total. The molecule has 1 aliphatic rings. The molecule has 0 aliphatic carbocycles. The van der Waals surface area contributed by atoms with Crippen LogP contribution in [0.3, 0.4) is 0 Å². The number of halogens is 3. The van der Waals surface area contributed by atoms with Crippen molar-refractivity contribution in [2.45, 2.75) is 6.67 Å². The molecule has 0 atom stereocenters. The second-order valence-electron chi connectivity index (χ2n) is 5.03. The molecule has 21 heavy (non-hydrogen) atoms. The van der Waals surface area contributed by atoms with Crippen molar-refractivity contribution in [1.82, 2.24) is 4.57 Å². The Balaban J connectivity index is 1.95. The molecular formula is C16H10BrF2N2+. The summed E-state index contributed by atoms with van der Waals surface area (Å²) in [6.45, 7) is 0.385. The smallest absolute Gasteiger partial charge is 0.278 e. The van der Waals surface area contributed by atoms with E-state index in [0.29, 0.717) is 11.1 Å². The summed E-state index contributed by atoms with van der Waals surface area (Å²) >= 11 is 3.10. The fourth-order valence-electron chi connectivity index (χ4n) is 2.83. The highest BCUT2D eigenvalue weighted by molar-refractivity contribution is 9.10. The topological polar surface area (TPSA) is 7.94 Å². The van der Waals surface area contributed by atoms with E-state index < -0.39 is 11.6 Å². The van der Waals surface area contributed by atoms with Gasteiger partial charge in [-0.05, 0) is 24.3 Å². The predicted molar refractivity (Wildman–Crippen MR) is 81.1 cm³/mol. The normalized spacial score (nSPS) is 13.6. The van der Waals surface area contributed by atoms with Crippen molar-refractivity contribution < 1.29 is 13.4 Å². The van der Waals surface area contributed by atoms with E-state index in [2.05, 4.69) is 15.9 Å². The van der Waals surface area contributed by atoms with Crippen LogP contribution in [-0.2, 0) is 6.67 Å². The molecule has 0 radical (unpaired) electrons. The second kappa shape index (κ2) is 4.49. The minimum atomic E-state index is -0.582. The summed E-state index contributed by atoms with van der Waals surface area (Å²) in [6, 6.07) is 10.5. The van der Waals surface area contributed by atoms with Crippen molar-refractivity contribution in [3.05, 3.63) is 64.3 Å². The van der Waals surface area contributed by atoms with Gasteiger partial charge in [0.25, 0.3) is 5.69 Å². The Morgan fingerprint density at radius 3 is 2.62 bits per heavy atom. The van der Waals surface area contributed by atoms with E-state index in [4.69, 9.17) is 0 Å². The summed E-state index contributed by atoms with van der Waals surface area (Å²) in [6.07, 6.45) is 3.72. The van der Waals surface area contributed by atoms with Gasteiger partial charge >= 0.3 is 0 Å². The van der Waals surface area contributed by atoms with Gasteiger partial charge in [-0.3, -0.25) is 4.57 Å². The van der Waals surface area contributed by atoms with Gasteiger partial charge in [-0.25, -0.2) is 0 Å². The monoisotopic (exact) mass is 347 g/mol. The Kier molecular flexibility index (Phi) is 2.72. The van der Waals surface area contributed by atoms with Crippen LogP contribution in [0.4, 0.5) is 14.5 Å². The van der Waals surface area contributed by atoms with Crippen LogP contribution in [0, 0.1) is 11.6 Å². The molecule has 1 aliphatic heterocycles. The molecule has 104 valence electrons. The first kappa shape index (κ1) is 12.7. The van der Waals surface area contributed by atoms with Gasteiger partial charge in [0.2, 0.25) is 6.67 Å². The summed E-state index contributed by atoms with van der Waals surface area (Å²) < 4.78 is 32.3. The first-order valence-electron chi connectivity index (χ1n) is 6.47. The molecule has 0 fully saturated rings. The van der Waals surface area contributed by atoms with E-state index in [0.717, 1.165) is 16.5 Å². The molecule has 0 unspecified atom stereocenters. The molecule has 3 aromatic rings. The quantitative estimate of drug-likeness (QED) is 0.576. The lowest BCUT2D eigenvalue weighted by atomic mass is 10.1. The van der Waals surface area contributed by atoms with Crippen LogP contribution in [0.15, 0.2) is 47.1 Å². The van der Waals surface area contributed by atoms with Crippen molar-refractivity contribution in [3.8, 4) is 0 Å². The summed E-state index contributed by atoms with van der Waals surface area (Å²) in [5.41, 5.74) is 2.01. The SMILES string of the molecule is Fc1cc(Br)cc(F)c1[N+]1=Cc2cccc3ccn(c23)C1. The molecule has 4 rings (SSSR count). The number of rotatable bonds is 1. The molecule has 2 heterocycles. The zero-order valence-corrected chi connectivity index (χ0v) is 12.4.